The van der Waals surface area contributed by atoms with E-state index in [4.69, 9.17) is 4.74 Å². The molecule has 0 saturated carbocycles. The lowest BCUT2D eigenvalue weighted by atomic mass is 10.4. The topological polar surface area (TPSA) is 39.9 Å². The van der Waals surface area contributed by atoms with Crippen molar-refractivity contribution in [2.75, 3.05) is 7.11 Å². The van der Waals surface area contributed by atoms with Crippen LogP contribution in [0.1, 0.15) is 5.69 Å². The fourth-order valence-corrected chi connectivity index (χ4v) is 1.94. The number of hydrogen-bond acceptors (Lipinski definition) is 4. The van der Waals surface area contributed by atoms with Crippen LogP contribution >= 0.6 is 11.3 Å². The van der Waals surface area contributed by atoms with Crippen LogP contribution in [0.4, 0.5) is 0 Å². The molecule has 0 fully saturated rings. The Kier molecular flexibility index (Phi) is 2.60. The lowest BCUT2D eigenvalue weighted by Crippen LogP contribution is -1.89. The molecule has 4 nitrogen and oxygen atoms in total. The molecule has 0 aliphatic rings. The minimum atomic E-state index is 0.559. The van der Waals surface area contributed by atoms with Crippen molar-refractivity contribution in [3.05, 3.63) is 23.3 Å². The summed E-state index contributed by atoms with van der Waals surface area (Å²) in [4.78, 5) is 4.40. The Balaban J connectivity index is 2.24. The van der Waals surface area contributed by atoms with Gasteiger partial charge in [0.1, 0.15) is 10.7 Å². The number of aromatic nitrogens is 3. The van der Waals surface area contributed by atoms with Crippen LogP contribution in [0.25, 0.3) is 10.7 Å². The van der Waals surface area contributed by atoms with Gasteiger partial charge in [0.05, 0.1) is 12.3 Å². The van der Waals surface area contributed by atoms with Gasteiger partial charge in [-0.25, -0.2) is 4.98 Å². The van der Waals surface area contributed by atoms with E-state index in [9.17, 15) is 0 Å². The van der Waals surface area contributed by atoms with Crippen molar-refractivity contribution < 1.29 is 4.74 Å². The molecule has 2 heterocycles. The van der Waals surface area contributed by atoms with Crippen molar-refractivity contribution in [1.82, 2.24) is 14.8 Å². The first-order valence-electron chi connectivity index (χ1n) is 4.23. The van der Waals surface area contributed by atoms with Crippen molar-refractivity contribution >= 4 is 11.3 Å². The van der Waals surface area contributed by atoms with E-state index in [1.54, 1.807) is 23.1 Å². The zero-order chi connectivity index (χ0) is 9.97. The van der Waals surface area contributed by atoms with Crippen LogP contribution in [-0.4, -0.2) is 21.9 Å². The molecular weight excluding hydrogens is 198 g/mol. The van der Waals surface area contributed by atoms with E-state index in [2.05, 4.69) is 10.1 Å². The van der Waals surface area contributed by atoms with Crippen LogP contribution in [0.15, 0.2) is 17.6 Å². The molecule has 2 aromatic rings. The first-order chi connectivity index (χ1) is 6.79. The third-order valence-electron chi connectivity index (χ3n) is 1.78. The smallest absolute Gasteiger partial charge is 0.144 e. The summed E-state index contributed by atoms with van der Waals surface area (Å²) in [5.74, 6) is 0. The van der Waals surface area contributed by atoms with Gasteiger partial charge in [-0.05, 0) is 6.07 Å². The predicted octanol–water partition coefficient (Wildman–Crippen LogP) is 1.69. The molecule has 0 spiro atoms. The Labute approximate surface area is 86.2 Å². The average molecular weight is 209 g/mol. The first-order valence-corrected chi connectivity index (χ1v) is 5.11. The molecular formula is C9H11N3OS. The second-order valence-corrected chi connectivity index (χ2v) is 3.81. The quantitative estimate of drug-likeness (QED) is 0.772. The standard InChI is InChI=1S/C9H11N3OS/c1-12-4-3-8(11-12)9-10-7(5-13-2)6-14-9/h3-4,6H,5H2,1-2H3. The minimum absolute atomic E-state index is 0.559. The van der Waals surface area contributed by atoms with Gasteiger partial charge in [-0.3, -0.25) is 4.68 Å². The molecule has 74 valence electrons. The Hall–Kier alpha value is -1.20. The molecule has 0 atom stereocenters. The summed E-state index contributed by atoms with van der Waals surface area (Å²) < 4.78 is 6.77. The summed E-state index contributed by atoms with van der Waals surface area (Å²) in [5, 5.41) is 7.21. The van der Waals surface area contributed by atoms with Gasteiger partial charge >= 0.3 is 0 Å². The van der Waals surface area contributed by atoms with E-state index in [0.717, 1.165) is 16.4 Å². The second-order valence-electron chi connectivity index (χ2n) is 2.95. The van der Waals surface area contributed by atoms with Crippen molar-refractivity contribution in [1.29, 1.82) is 0 Å². The summed E-state index contributed by atoms with van der Waals surface area (Å²) in [6, 6.07) is 1.95. The highest BCUT2D eigenvalue weighted by Crippen LogP contribution is 2.21. The molecule has 14 heavy (non-hydrogen) atoms. The molecule has 5 heteroatoms. The maximum Gasteiger partial charge on any atom is 0.144 e. The molecule has 0 aliphatic heterocycles. The van der Waals surface area contributed by atoms with Gasteiger partial charge in [0.15, 0.2) is 0 Å². The molecule has 0 amide bonds. The van der Waals surface area contributed by atoms with Crippen LogP contribution < -0.4 is 0 Å². The normalized spacial score (nSPS) is 10.7. The van der Waals surface area contributed by atoms with Gasteiger partial charge in [-0.2, -0.15) is 5.10 Å². The average Bonchev–Trinajstić information content (AvgIpc) is 2.74. The Morgan fingerprint density at radius 2 is 2.43 bits per heavy atom. The number of thiazole rings is 1. The fourth-order valence-electron chi connectivity index (χ4n) is 1.17. The molecule has 0 aliphatic carbocycles. The summed E-state index contributed by atoms with van der Waals surface area (Å²) >= 11 is 1.59. The minimum Gasteiger partial charge on any atom is -0.378 e. The number of rotatable bonds is 3. The molecule has 0 bridgehead atoms. The number of methoxy groups -OCH3 is 1. The van der Waals surface area contributed by atoms with E-state index in [0.29, 0.717) is 6.61 Å². The molecule has 0 radical (unpaired) electrons. The van der Waals surface area contributed by atoms with Gasteiger partial charge in [0.25, 0.3) is 0 Å². The molecule has 2 rings (SSSR count). The number of hydrogen-bond donors (Lipinski definition) is 0. The maximum absolute atomic E-state index is 5.00. The van der Waals surface area contributed by atoms with Gasteiger partial charge in [-0.1, -0.05) is 0 Å². The Bertz CT molecular complexity index is 421. The monoisotopic (exact) mass is 209 g/mol. The molecule has 0 unspecified atom stereocenters. The third kappa shape index (κ3) is 1.83. The van der Waals surface area contributed by atoms with E-state index in [1.807, 2.05) is 24.7 Å². The third-order valence-corrected chi connectivity index (χ3v) is 2.69. The SMILES string of the molecule is COCc1csc(-c2ccn(C)n2)n1. The van der Waals surface area contributed by atoms with Crippen LogP contribution in [0, 0.1) is 0 Å². The zero-order valence-electron chi connectivity index (χ0n) is 8.10. The predicted molar refractivity (Wildman–Crippen MR) is 55.0 cm³/mol. The number of aryl methyl sites for hydroxylation is 1. The van der Waals surface area contributed by atoms with Crippen LogP contribution in [0.3, 0.4) is 0 Å². The van der Waals surface area contributed by atoms with Gasteiger partial charge in [0.2, 0.25) is 0 Å². The molecule has 0 saturated heterocycles. The lowest BCUT2D eigenvalue weighted by molar-refractivity contribution is 0.182. The summed E-state index contributed by atoms with van der Waals surface area (Å²) in [7, 11) is 3.56. The van der Waals surface area contributed by atoms with Crippen molar-refractivity contribution in [3.8, 4) is 10.7 Å². The van der Waals surface area contributed by atoms with Gasteiger partial charge in [0, 0.05) is 25.7 Å². The molecule has 0 aromatic carbocycles. The highest BCUT2D eigenvalue weighted by Gasteiger charge is 2.06. The van der Waals surface area contributed by atoms with Crippen molar-refractivity contribution in [2.45, 2.75) is 6.61 Å². The van der Waals surface area contributed by atoms with Gasteiger partial charge < -0.3 is 4.74 Å². The van der Waals surface area contributed by atoms with Gasteiger partial charge in [-0.15, -0.1) is 11.3 Å². The maximum atomic E-state index is 5.00. The molecule has 0 N–H and O–H groups in total. The largest absolute Gasteiger partial charge is 0.378 e. The van der Waals surface area contributed by atoms with E-state index in [1.165, 1.54) is 0 Å². The second kappa shape index (κ2) is 3.89. The van der Waals surface area contributed by atoms with Crippen molar-refractivity contribution in [2.24, 2.45) is 7.05 Å². The van der Waals surface area contributed by atoms with E-state index < -0.39 is 0 Å². The lowest BCUT2D eigenvalue weighted by Gasteiger charge is -1.90. The zero-order valence-corrected chi connectivity index (χ0v) is 8.91. The van der Waals surface area contributed by atoms with Crippen LogP contribution in [-0.2, 0) is 18.4 Å². The van der Waals surface area contributed by atoms with E-state index in [-0.39, 0.29) is 0 Å². The summed E-state index contributed by atoms with van der Waals surface area (Å²) in [6.07, 6.45) is 1.91. The Morgan fingerprint density at radius 1 is 1.57 bits per heavy atom. The van der Waals surface area contributed by atoms with Crippen LogP contribution in [0.2, 0.25) is 0 Å². The summed E-state index contributed by atoms with van der Waals surface area (Å²) in [6.45, 7) is 0.559. The van der Waals surface area contributed by atoms with Crippen molar-refractivity contribution in [3.63, 3.8) is 0 Å². The highest BCUT2D eigenvalue weighted by atomic mass is 32.1. The summed E-state index contributed by atoms with van der Waals surface area (Å²) in [5.41, 5.74) is 1.87. The number of nitrogens with zero attached hydrogens (tertiary/aromatic N) is 3. The highest BCUT2D eigenvalue weighted by molar-refractivity contribution is 7.13. The Morgan fingerprint density at radius 3 is 3.07 bits per heavy atom. The number of ether oxygens (including phenoxy) is 1. The fraction of sp³-hybridized carbons (Fsp3) is 0.333. The van der Waals surface area contributed by atoms with Crippen LogP contribution in [0.5, 0.6) is 0 Å². The van der Waals surface area contributed by atoms with E-state index >= 15 is 0 Å². The molecule has 2 aromatic heterocycles. The first kappa shape index (κ1) is 9.36.